The first-order chi connectivity index (χ1) is 10.8. The summed E-state index contributed by atoms with van der Waals surface area (Å²) in [6.45, 7) is 2.80. The standard InChI is InChI=1S/C14H14N8/c1-10(5-21-9-15-7-20-21)22-6-11(4-19-22)13-12-2-3-16-14(12)18-8-17-13/h2-4,6-10H,5H2,1H3,(H,16,17,18). The van der Waals surface area contributed by atoms with Gasteiger partial charge in [0.25, 0.3) is 0 Å². The van der Waals surface area contributed by atoms with E-state index in [2.05, 4.69) is 37.1 Å². The second-order valence-electron chi connectivity index (χ2n) is 5.14. The Kier molecular flexibility index (Phi) is 2.92. The van der Waals surface area contributed by atoms with E-state index in [0.29, 0.717) is 6.54 Å². The number of aromatic nitrogens is 8. The largest absolute Gasteiger partial charge is 0.346 e. The van der Waals surface area contributed by atoms with Crippen molar-refractivity contribution in [3.05, 3.63) is 43.6 Å². The summed E-state index contributed by atoms with van der Waals surface area (Å²) in [5.74, 6) is 0. The molecule has 0 radical (unpaired) electrons. The zero-order chi connectivity index (χ0) is 14.9. The molecular weight excluding hydrogens is 280 g/mol. The van der Waals surface area contributed by atoms with Crippen molar-refractivity contribution in [2.45, 2.75) is 19.5 Å². The number of rotatable bonds is 4. The molecule has 4 aromatic heterocycles. The highest BCUT2D eigenvalue weighted by Gasteiger charge is 2.12. The molecule has 8 heteroatoms. The van der Waals surface area contributed by atoms with Crippen molar-refractivity contribution in [2.24, 2.45) is 0 Å². The SMILES string of the molecule is CC(Cn1cncn1)n1cc(-c2ncnc3[nH]ccc23)cn1. The van der Waals surface area contributed by atoms with E-state index in [1.807, 2.05) is 29.3 Å². The van der Waals surface area contributed by atoms with Crippen LogP contribution in [0.4, 0.5) is 0 Å². The lowest BCUT2D eigenvalue weighted by Gasteiger charge is -2.11. The Labute approximate surface area is 125 Å². The number of nitrogens with one attached hydrogen (secondary N) is 1. The van der Waals surface area contributed by atoms with Crippen LogP contribution >= 0.6 is 0 Å². The van der Waals surface area contributed by atoms with Gasteiger partial charge >= 0.3 is 0 Å². The van der Waals surface area contributed by atoms with Crippen LogP contribution in [0.3, 0.4) is 0 Å². The average molecular weight is 294 g/mol. The van der Waals surface area contributed by atoms with Crippen molar-refractivity contribution >= 4 is 11.0 Å². The van der Waals surface area contributed by atoms with Gasteiger partial charge in [0.15, 0.2) is 0 Å². The maximum Gasteiger partial charge on any atom is 0.141 e. The third-order valence-electron chi connectivity index (χ3n) is 3.60. The smallest absolute Gasteiger partial charge is 0.141 e. The molecule has 0 fully saturated rings. The molecule has 0 aliphatic rings. The summed E-state index contributed by atoms with van der Waals surface area (Å²) < 4.78 is 3.71. The molecule has 4 aromatic rings. The van der Waals surface area contributed by atoms with Gasteiger partial charge < -0.3 is 4.98 Å². The highest BCUT2D eigenvalue weighted by atomic mass is 15.4. The van der Waals surface area contributed by atoms with Crippen LogP contribution in [-0.4, -0.2) is 39.5 Å². The first kappa shape index (κ1) is 12.7. The first-order valence-electron chi connectivity index (χ1n) is 6.96. The van der Waals surface area contributed by atoms with Gasteiger partial charge in [-0.15, -0.1) is 0 Å². The van der Waals surface area contributed by atoms with Gasteiger partial charge in [0.1, 0.15) is 24.6 Å². The number of nitrogens with zero attached hydrogens (tertiary/aromatic N) is 7. The number of H-pyrrole nitrogens is 1. The average Bonchev–Trinajstić information content (AvgIpc) is 3.27. The molecule has 0 bridgehead atoms. The summed E-state index contributed by atoms with van der Waals surface area (Å²) >= 11 is 0. The Bertz CT molecular complexity index is 889. The lowest BCUT2D eigenvalue weighted by molar-refractivity contribution is 0.404. The fraction of sp³-hybridized carbons (Fsp3) is 0.214. The van der Waals surface area contributed by atoms with Crippen molar-refractivity contribution in [2.75, 3.05) is 0 Å². The maximum atomic E-state index is 4.45. The van der Waals surface area contributed by atoms with Crippen LogP contribution in [0.25, 0.3) is 22.3 Å². The van der Waals surface area contributed by atoms with Gasteiger partial charge in [-0.25, -0.2) is 15.0 Å². The topological polar surface area (TPSA) is 90.1 Å². The van der Waals surface area contributed by atoms with Gasteiger partial charge in [-0.1, -0.05) is 0 Å². The van der Waals surface area contributed by atoms with Gasteiger partial charge in [-0.3, -0.25) is 9.36 Å². The van der Waals surface area contributed by atoms with Crippen molar-refractivity contribution in [3.8, 4) is 11.3 Å². The number of hydrogen-bond acceptors (Lipinski definition) is 5. The minimum atomic E-state index is 0.166. The molecule has 4 heterocycles. The van der Waals surface area contributed by atoms with Gasteiger partial charge in [0, 0.05) is 23.3 Å². The Balaban J connectivity index is 1.65. The van der Waals surface area contributed by atoms with E-state index in [0.717, 1.165) is 22.3 Å². The highest BCUT2D eigenvalue weighted by molar-refractivity contribution is 5.89. The molecule has 110 valence electrons. The number of aromatic amines is 1. The predicted octanol–water partition coefficient (Wildman–Crippen LogP) is 1.67. The molecule has 0 aliphatic carbocycles. The highest BCUT2D eigenvalue weighted by Crippen LogP contribution is 2.25. The van der Waals surface area contributed by atoms with E-state index in [1.165, 1.54) is 6.33 Å². The second kappa shape index (κ2) is 5.06. The van der Waals surface area contributed by atoms with Gasteiger partial charge in [-0.05, 0) is 13.0 Å². The summed E-state index contributed by atoms with van der Waals surface area (Å²) in [7, 11) is 0. The van der Waals surface area contributed by atoms with E-state index in [1.54, 1.807) is 17.3 Å². The van der Waals surface area contributed by atoms with E-state index < -0.39 is 0 Å². The van der Waals surface area contributed by atoms with Crippen molar-refractivity contribution in [1.29, 1.82) is 0 Å². The molecule has 0 saturated heterocycles. The van der Waals surface area contributed by atoms with Crippen LogP contribution in [0, 0.1) is 0 Å². The summed E-state index contributed by atoms with van der Waals surface area (Å²) in [6, 6.07) is 2.14. The third-order valence-corrected chi connectivity index (χ3v) is 3.60. The monoisotopic (exact) mass is 294 g/mol. The minimum Gasteiger partial charge on any atom is -0.346 e. The molecule has 0 spiro atoms. The van der Waals surface area contributed by atoms with Crippen molar-refractivity contribution < 1.29 is 0 Å². The van der Waals surface area contributed by atoms with Crippen LogP contribution in [0.5, 0.6) is 0 Å². The van der Waals surface area contributed by atoms with E-state index in [9.17, 15) is 0 Å². The minimum absolute atomic E-state index is 0.166. The zero-order valence-electron chi connectivity index (χ0n) is 12.0. The van der Waals surface area contributed by atoms with Crippen molar-refractivity contribution in [3.63, 3.8) is 0 Å². The molecular formula is C14H14N8. The van der Waals surface area contributed by atoms with Crippen LogP contribution in [0.15, 0.2) is 43.6 Å². The molecule has 0 aliphatic heterocycles. The first-order valence-corrected chi connectivity index (χ1v) is 6.96. The zero-order valence-corrected chi connectivity index (χ0v) is 12.0. The third kappa shape index (κ3) is 2.14. The van der Waals surface area contributed by atoms with Crippen LogP contribution in [-0.2, 0) is 6.54 Å². The van der Waals surface area contributed by atoms with E-state index in [4.69, 9.17) is 0 Å². The molecule has 1 N–H and O–H groups in total. The maximum absolute atomic E-state index is 4.45. The van der Waals surface area contributed by atoms with E-state index >= 15 is 0 Å². The second-order valence-corrected chi connectivity index (χ2v) is 5.14. The van der Waals surface area contributed by atoms with Crippen LogP contribution < -0.4 is 0 Å². The number of fused-ring (bicyclic) bond motifs is 1. The lowest BCUT2D eigenvalue weighted by atomic mass is 10.2. The molecule has 0 saturated carbocycles. The van der Waals surface area contributed by atoms with E-state index in [-0.39, 0.29) is 6.04 Å². The molecule has 0 amide bonds. The quantitative estimate of drug-likeness (QED) is 0.618. The Morgan fingerprint density at radius 2 is 2.18 bits per heavy atom. The van der Waals surface area contributed by atoms with Crippen molar-refractivity contribution in [1.82, 2.24) is 39.5 Å². The fourth-order valence-electron chi connectivity index (χ4n) is 2.49. The van der Waals surface area contributed by atoms with Crippen LogP contribution in [0.1, 0.15) is 13.0 Å². The van der Waals surface area contributed by atoms with Gasteiger partial charge in [-0.2, -0.15) is 10.2 Å². The molecule has 8 nitrogen and oxygen atoms in total. The Morgan fingerprint density at radius 3 is 3.05 bits per heavy atom. The normalized spacial score (nSPS) is 12.8. The summed E-state index contributed by atoms with van der Waals surface area (Å²) in [5.41, 5.74) is 2.68. The molecule has 1 unspecified atom stereocenters. The Hall–Kier alpha value is -3.03. The molecule has 4 rings (SSSR count). The fourth-order valence-corrected chi connectivity index (χ4v) is 2.49. The molecule has 1 atom stereocenters. The summed E-state index contributed by atoms with van der Waals surface area (Å²) in [6.07, 6.45) is 10.5. The molecule has 0 aromatic carbocycles. The Morgan fingerprint density at radius 1 is 1.23 bits per heavy atom. The van der Waals surface area contributed by atoms with Gasteiger partial charge in [0.05, 0.1) is 24.5 Å². The number of hydrogen-bond donors (Lipinski definition) is 1. The molecule has 22 heavy (non-hydrogen) atoms. The summed E-state index contributed by atoms with van der Waals surface area (Å²) in [4.78, 5) is 15.6. The lowest BCUT2D eigenvalue weighted by Crippen LogP contribution is -2.13. The predicted molar refractivity (Wildman–Crippen MR) is 79.8 cm³/mol. The van der Waals surface area contributed by atoms with Gasteiger partial charge in [0.2, 0.25) is 0 Å². The summed E-state index contributed by atoms with van der Waals surface area (Å²) in [5, 5.41) is 9.56. The van der Waals surface area contributed by atoms with Crippen LogP contribution in [0.2, 0.25) is 0 Å².